The first-order valence-corrected chi connectivity index (χ1v) is 8.45. The summed E-state index contributed by atoms with van der Waals surface area (Å²) in [6.45, 7) is 0.167. The van der Waals surface area contributed by atoms with Crippen LogP contribution in [0.5, 0.6) is 11.8 Å². The molecule has 126 valence electrons. The second-order valence-electron chi connectivity index (χ2n) is 4.88. The molecule has 0 atom stereocenters. The number of rotatable bonds is 5. The Bertz CT molecular complexity index is 1000. The fourth-order valence-corrected chi connectivity index (χ4v) is 2.31. The van der Waals surface area contributed by atoms with Crippen LogP contribution in [-0.2, 0) is 16.7 Å². The van der Waals surface area contributed by atoms with Gasteiger partial charge >= 0.3 is 16.1 Å². The lowest BCUT2D eigenvalue weighted by Crippen LogP contribution is -2.10. The van der Waals surface area contributed by atoms with Crippen LogP contribution in [-0.4, -0.2) is 39.7 Å². The zero-order valence-corrected chi connectivity index (χ0v) is 13.1. The van der Waals surface area contributed by atoms with E-state index in [-0.39, 0.29) is 24.0 Å². The fraction of sp³-hybridized carbons (Fsp3) is 0.154. The minimum Gasteiger partial charge on any atom is -0.505 e. The molecule has 2 heterocycles. The van der Waals surface area contributed by atoms with Crippen LogP contribution in [0.15, 0.2) is 24.5 Å². The molecule has 3 N–H and O–H groups in total. The molecule has 0 fully saturated rings. The molecule has 0 aliphatic rings. The average Bonchev–Trinajstić information content (AvgIpc) is 2.95. The first kappa shape index (κ1) is 15.9. The van der Waals surface area contributed by atoms with E-state index in [1.807, 2.05) is 0 Å². The van der Waals surface area contributed by atoms with E-state index in [0.29, 0.717) is 11.1 Å². The van der Waals surface area contributed by atoms with Crippen LogP contribution in [0.2, 0.25) is 0 Å². The highest BCUT2D eigenvalue weighted by atomic mass is 32.2. The number of hydrogen-bond acceptors (Lipinski definition) is 8. The average molecular weight is 353 g/mol. The van der Waals surface area contributed by atoms with Crippen LogP contribution in [0.4, 0.5) is 10.2 Å². The molecular weight excluding hydrogens is 341 g/mol. The second kappa shape index (κ2) is 5.92. The van der Waals surface area contributed by atoms with E-state index < -0.39 is 21.7 Å². The van der Waals surface area contributed by atoms with Crippen LogP contribution in [0, 0.1) is 5.82 Å². The molecule has 0 unspecified atom stereocenters. The van der Waals surface area contributed by atoms with E-state index in [1.54, 1.807) is 0 Å². The van der Waals surface area contributed by atoms with Crippen molar-refractivity contribution in [3.8, 4) is 11.8 Å². The summed E-state index contributed by atoms with van der Waals surface area (Å²) in [6.07, 6.45) is 2.24. The van der Waals surface area contributed by atoms with Gasteiger partial charge in [-0.2, -0.15) is 18.4 Å². The predicted octanol–water partition coefficient (Wildman–Crippen LogP) is 1.15. The van der Waals surface area contributed by atoms with Gasteiger partial charge in [-0.05, 0) is 17.7 Å². The monoisotopic (exact) mass is 353 g/mol. The van der Waals surface area contributed by atoms with E-state index in [4.69, 9.17) is 0 Å². The van der Waals surface area contributed by atoms with Crippen LogP contribution in [0.3, 0.4) is 0 Å². The minimum absolute atomic E-state index is 0.167. The van der Waals surface area contributed by atoms with Crippen molar-refractivity contribution in [3.05, 3.63) is 35.9 Å². The van der Waals surface area contributed by atoms with Crippen molar-refractivity contribution in [3.63, 3.8) is 0 Å². The lowest BCUT2D eigenvalue weighted by atomic mass is 10.2. The Kier molecular flexibility index (Phi) is 3.93. The maximum atomic E-state index is 13.4. The molecule has 2 aromatic heterocycles. The maximum absolute atomic E-state index is 13.4. The molecule has 0 aliphatic carbocycles. The van der Waals surface area contributed by atoms with Gasteiger partial charge in [-0.1, -0.05) is 6.07 Å². The molecule has 0 saturated heterocycles. The van der Waals surface area contributed by atoms with Crippen LogP contribution in [0.1, 0.15) is 5.56 Å². The molecule has 24 heavy (non-hydrogen) atoms. The highest BCUT2D eigenvalue weighted by molar-refractivity contribution is 7.86. The zero-order valence-electron chi connectivity index (χ0n) is 12.3. The fourth-order valence-electron chi connectivity index (χ4n) is 1.96. The van der Waals surface area contributed by atoms with Gasteiger partial charge < -0.3 is 19.6 Å². The van der Waals surface area contributed by atoms with Crippen molar-refractivity contribution in [1.29, 1.82) is 0 Å². The Morgan fingerprint density at radius 2 is 2.17 bits per heavy atom. The third-order valence-corrected chi connectivity index (χ3v) is 3.41. The lowest BCUT2D eigenvalue weighted by molar-refractivity contribution is 0.432. The van der Waals surface area contributed by atoms with Gasteiger partial charge in [0, 0.05) is 6.54 Å². The highest BCUT2D eigenvalue weighted by Crippen LogP contribution is 2.22. The third kappa shape index (κ3) is 3.51. The van der Waals surface area contributed by atoms with Crippen molar-refractivity contribution >= 4 is 27.1 Å². The standard InChI is InChI=1S/C13H12FN5O4S/c1-24(21,22)23-13-18-11(10-12(19-13)17-6-16-10)15-5-7-2-3-9(20)8(14)4-7/h2-4,6,20H,5H2,1H3,(H2,15,16,17,18,19). The minimum atomic E-state index is -3.79. The normalized spacial score (nSPS) is 11.6. The first-order chi connectivity index (χ1) is 11.3. The predicted molar refractivity (Wildman–Crippen MR) is 82.5 cm³/mol. The summed E-state index contributed by atoms with van der Waals surface area (Å²) in [7, 11) is -3.79. The summed E-state index contributed by atoms with van der Waals surface area (Å²) in [5.41, 5.74) is 1.19. The van der Waals surface area contributed by atoms with Gasteiger partial charge in [-0.15, -0.1) is 0 Å². The number of hydrogen-bond donors (Lipinski definition) is 3. The van der Waals surface area contributed by atoms with E-state index >= 15 is 0 Å². The SMILES string of the molecule is CS(=O)(=O)Oc1nc(NCc2ccc(O)c(F)c2)c2[nH]cnc2n1. The quantitative estimate of drug-likeness (QED) is 0.582. The zero-order chi connectivity index (χ0) is 17.3. The number of phenols is 1. The number of fused-ring (bicyclic) bond motifs is 1. The largest absolute Gasteiger partial charge is 0.505 e. The summed E-state index contributed by atoms with van der Waals surface area (Å²) in [4.78, 5) is 14.6. The van der Waals surface area contributed by atoms with Crippen molar-refractivity contribution < 1.29 is 22.1 Å². The molecule has 1 aromatic carbocycles. The molecule has 0 radical (unpaired) electrons. The van der Waals surface area contributed by atoms with Gasteiger partial charge in [0.2, 0.25) is 0 Å². The van der Waals surface area contributed by atoms with Gasteiger partial charge in [0.05, 0.1) is 12.6 Å². The van der Waals surface area contributed by atoms with E-state index in [0.717, 1.165) is 6.26 Å². The molecule has 11 heteroatoms. The molecule has 0 spiro atoms. The Morgan fingerprint density at radius 3 is 2.88 bits per heavy atom. The number of imidazole rings is 1. The molecule has 0 bridgehead atoms. The number of aromatic hydroxyl groups is 1. The Morgan fingerprint density at radius 1 is 1.38 bits per heavy atom. The van der Waals surface area contributed by atoms with Gasteiger partial charge in [0.15, 0.2) is 23.0 Å². The molecule has 3 rings (SSSR count). The van der Waals surface area contributed by atoms with Gasteiger partial charge in [0.25, 0.3) is 0 Å². The number of benzene rings is 1. The summed E-state index contributed by atoms with van der Waals surface area (Å²) in [5, 5.41) is 12.1. The topological polar surface area (TPSA) is 130 Å². The van der Waals surface area contributed by atoms with E-state index in [9.17, 15) is 17.9 Å². The number of nitrogens with one attached hydrogen (secondary N) is 2. The van der Waals surface area contributed by atoms with E-state index in [2.05, 4.69) is 29.4 Å². The first-order valence-electron chi connectivity index (χ1n) is 6.64. The van der Waals surface area contributed by atoms with E-state index in [1.165, 1.54) is 24.5 Å². The van der Waals surface area contributed by atoms with Gasteiger partial charge in [-0.25, -0.2) is 9.37 Å². The number of H-pyrrole nitrogens is 1. The van der Waals surface area contributed by atoms with Gasteiger partial charge in [0.1, 0.15) is 5.52 Å². The Labute approximate surface area is 135 Å². The van der Waals surface area contributed by atoms with Crippen LogP contribution >= 0.6 is 0 Å². The third-order valence-electron chi connectivity index (χ3n) is 2.96. The number of phenolic OH excluding ortho intramolecular Hbond substituents is 1. The summed E-state index contributed by atoms with van der Waals surface area (Å²) < 4.78 is 40.5. The number of anilines is 1. The van der Waals surface area contributed by atoms with Crippen LogP contribution < -0.4 is 9.50 Å². The molecule has 9 nitrogen and oxygen atoms in total. The van der Waals surface area contributed by atoms with Gasteiger partial charge in [-0.3, -0.25) is 0 Å². The Hall–Kier alpha value is -2.95. The van der Waals surface area contributed by atoms with Crippen molar-refractivity contribution in [1.82, 2.24) is 19.9 Å². The van der Waals surface area contributed by atoms with Crippen molar-refractivity contribution in [2.75, 3.05) is 11.6 Å². The number of halogens is 1. The number of aromatic amines is 1. The molecule has 0 aliphatic heterocycles. The lowest BCUT2D eigenvalue weighted by Gasteiger charge is -2.08. The highest BCUT2D eigenvalue weighted by Gasteiger charge is 2.14. The molecule has 0 amide bonds. The summed E-state index contributed by atoms with van der Waals surface area (Å²) in [5.74, 6) is -0.949. The second-order valence-corrected chi connectivity index (χ2v) is 6.46. The molecule has 0 saturated carbocycles. The smallest absolute Gasteiger partial charge is 0.337 e. The molecular formula is C13H12FN5O4S. The van der Waals surface area contributed by atoms with Crippen LogP contribution in [0.25, 0.3) is 11.2 Å². The molecule has 3 aromatic rings. The maximum Gasteiger partial charge on any atom is 0.337 e. The summed E-state index contributed by atoms with van der Waals surface area (Å²) >= 11 is 0. The number of aromatic nitrogens is 4. The number of nitrogens with zero attached hydrogens (tertiary/aromatic N) is 3. The summed E-state index contributed by atoms with van der Waals surface area (Å²) in [6, 6.07) is 3.55. The van der Waals surface area contributed by atoms with Crippen molar-refractivity contribution in [2.24, 2.45) is 0 Å². The van der Waals surface area contributed by atoms with Crippen molar-refractivity contribution in [2.45, 2.75) is 6.54 Å². The Balaban J connectivity index is 1.89.